The number of rotatable bonds is 1. The van der Waals surface area contributed by atoms with Crippen LogP contribution in [0.2, 0.25) is 0 Å². The van der Waals surface area contributed by atoms with Crippen molar-refractivity contribution in [3.05, 3.63) is 65.1 Å². The molecule has 4 nitrogen and oxygen atoms in total. The van der Waals surface area contributed by atoms with Crippen molar-refractivity contribution in [2.75, 3.05) is 13.1 Å². The summed E-state index contributed by atoms with van der Waals surface area (Å²) in [5.74, 6) is 7.48. The first kappa shape index (κ1) is 13.6. The van der Waals surface area contributed by atoms with E-state index in [9.17, 15) is 0 Å². The van der Waals surface area contributed by atoms with E-state index in [1.807, 2.05) is 37.5 Å². The summed E-state index contributed by atoms with van der Waals surface area (Å²) in [7, 11) is 0. The average molecular weight is 300 g/mol. The zero-order chi connectivity index (χ0) is 15.6. The normalized spacial score (nSPS) is 13.3. The Morgan fingerprint density at radius 2 is 1.96 bits per heavy atom. The molecule has 1 aliphatic rings. The van der Waals surface area contributed by atoms with Gasteiger partial charge in [0.25, 0.3) is 0 Å². The number of aliphatic imine (C=N–C) groups is 1. The molecule has 0 saturated carbocycles. The second kappa shape index (κ2) is 5.62. The molecule has 4 heteroatoms. The molecule has 2 N–H and O–H groups in total. The number of nitrogens with one attached hydrogen (secondary N) is 2. The molecule has 1 aliphatic heterocycles. The Morgan fingerprint density at radius 1 is 1.09 bits per heavy atom. The second-order valence-corrected chi connectivity index (χ2v) is 5.51. The smallest absolute Gasteiger partial charge is 0.128 e. The van der Waals surface area contributed by atoms with Crippen molar-refractivity contribution in [2.24, 2.45) is 4.99 Å². The van der Waals surface area contributed by atoms with Crippen molar-refractivity contribution in [2.45, 2.75) is 6.92 Å². The van der Waals surface area contributed by atoms with E-state index in [0.717, 1.165) is 52.2 Å². The molecule has 112 valence electrons. The molecule has 0 spiro atoms. The molecule has 0 fully saturated rings. The quantitative estimate of drug-likeness (QED) is 0.679. The van der Waals surface area contributed by atoms with Gasteiger partial charge in [-0.05, 0) is 25.1 Å². The molecule has 0 unspecified atom stereocenters. The number of nitrogens with zero attached hydrogens (tertiary/aromatic N) is 2. The van der Waals surface area contributed by atoms with Crippen LogP contribution in [0.4, 0.5) is 0 Å². The fraction of sp³-hybridized carbons (Fsp3) is 0.158. The van der Waals surface area contributed by atoms with Crippen LogP contribution in [0.5, 0.6) is 0 Å². The number of amidine groups is 1. The average Bonchev–Trinajstić information content (AvgIpc) is 3.26. The third kappa shape index (κ3) is 2.58. The van der Waals surface area contributed by atoms with Crippen LogP contribution in [-0.4, -0.2) is 28.9 Å². The lowest BCUT2D eigenvalue weighted by molar-refractivity contribution is 0.960. The second-order valence-electron chi connectivity index (χ2n) is 5.51. The summed E-state index contributed by atoms with van der Waals surface area (Å²) in [4.78, 5) is 12.0. The molecule has 0 radical (unpaired) electrons. The predicted molar refractivity (Wildman–Crippen MR) is 92.7 cm³/mol. The fourth-order valence-corrected chi connectivity index (χ4v) is 2.72. The van der Waals surface area contributed by atoms with Crippen molar-refractivity contribution >= 4 is 16.7 Å². The number of aromatic amines is 1. The van der Waals surface area contributed by atoms with Gasteiger partial charge in [-0.3, -0.25) is 9.98 Å². The highest BCUT2D eigenvalue weighted by molar-refractivity contribution is 5.99. The third-order valence-corrected chi connectivity index (χ3v) is 3.96. The summed E-state index contributed by atoms with van der Waals surface area (Å²) in [5, 5.41) is 4.39. The van der Waals surface area contributed by atoms with Gasteiger partial charge in [0.15, 0.2) is 0 Å². The maximum absolute atomic E-state index is 4.43. The van der Waals surface area contributed by atoms with Crippen LogP contribution in [0.25, 0.3) is 10.9 Å². The summed E-state index contributed by atoms with van der Waals surface area (Å²) in [5.41, 5.74) is 5.04. The molecule has 23 heavy (non-hydrogen) atoms. The third-order valence-electron chi connectivity index (χ3n) is 3.96. The summed E-state index contributed by atoms with van der Waals surface area (Å²) < 4.78 is 0. The highest BCUT2D eigenvalue weighted by atomic mass is 15.1. The molecular weight excluding hydrogens is 284 g/mol. The molecule has 4 rings (SSSR count). The van der Waals surface area contributed by atoms with Gasteiger partial charge in [-0.2, -0.15) is 0 Å². The molecule has 2 aromatic heterocycles. The van der Waals surface area contributed by atoms with Gasteiger partial charge in [-0.1, -0.05) is 24.0 Å². The number of benzene rings is 1. The SMILES string of the molecule is Cc1ncc2[nH]ccc2c1C#Cc1ccc(C2=NCCN2)cc1. The number of H-pyrrole nitrogens is 1. The Morgan fingerprint density at radius 3 is 2.74 bits per heavy atom. The molecule has 3 heterocycles. The largest absolute Gasteiger partial charge is 0.368 e. The van der Waals surface area contributed by atoms with E-state index in [-0.39, 0.29) is 0 Å². The van der Waals surface area contributed by atoms with Crippen LogP contribution < -0.4 is 5.32 Å². The minimum Gasteiger partial charge on any atom is -0.368 e. The van der Waals surface area contributed by atoms with Crippen molar-refractivity contribution in [1.82, 2.24) is 15.3 Å². The van der Waals surface area contributed by atoms with Crippen molar-refractivity contribution in [3.63, 3.8) is 0 Å². The van der Waals surface area contributed by atoms with Crippen LogP contribution in [0.3, 0.4) is 0 Å². The predicted octanol–water partition coefficient (Wildman–Crippen LogP) is 2.62. The first-order valence-electron chi connectivity index (χ1n) is 7.65. The monoisotopic (exact) mass is 300 g/mol. The van der Waals surface area contributed by atoms with Gasteiger partial charge in [0.05, 0.1) is 29.5 Å². The lowest BCUT2D eigenvalue weighted by Gasteiger charge is -2.02. The Kier molecular flexibility index (Phi) is 3.32. The fourth-order valence-electron chi connectivity index (χ4n) is 2.72. The van der Waals surface area contributed by atoms with E-state index in [0.29, 0.717) is 0 Å². The van der Waals surface area contributed by atoms with Gasteiger partial charge < -0.3 is 10.3 Å². The summed E-state index contributed by atoms with van der Waals surface area (Å²) >= 11 is 0. The number of fused-ring (bicyclic) bond motifs is 1. The highest BCUT2D eigenvalue weighted by Crippen LogP contribution is 2.18. The summed E-state index contributed by atoms with van der Waals surface area (Å²) in [6, 6.07) is 10.2. The van der Waals surface area contributed by atoms with Crippen LogP contribution in [0.1, 0.15) is 22.4 Å². The maximum atomic E-state index is 4.43. The van der Waals surface area contributed by atoms with Crippen molar-refractivity contribution in [3.8, 4) is 11.8 Å². The van der Waals surface area contributed by atoms with Gasteiger partial charge >= 0.3 is 0 Å². The number of aryl methyl sites for hydroxylation is 1. The van der Waals surface area contributed by atoms with Gasteiger partial charge in [-0.15, -0.1) is 0 Å². The molecule has 3 aromatic rings. The van der Waals surface area contributed by atoms with Crippen LogP contribution in [0, 0.1) is 18.8 Å². The zero-order valence-corrected chi connectivity index (χ0v) is 12.9. The van der Waals surface area contributed by atoms with E-state index < -0.39 is 0 Å². The van der Waals surface area contributed by atoms with Crippen LogP contribution >= 0.6 is 0 Å². The first-order valence-corrected chi connectivity index (χ1v) is 7.65. The Hall–Kier alpha value is -3.06. The van der Waals surface area contributed by atoms with Crippen molar-refractivity contribution < 1.29 is 0 Å². The van der Waals surface area contributed by atoms with E-state index in [2.05, 4.69) is 44.3 Å². The molecule has 0 atom stereocenters. The van der Waals surface area contributed by atoms with Crippen LogP contribution in [0.15, 0.2) is 47.7 Å². The molecule has 0 aliphatic carbocycles. The van der Waals surface area contributed by atoms with E-state index in [1.165, 1.54) is 0 Å². The van der Waals surface area contributed by atoms with Gasteiger partial charge in [0, 0.05) is 29.3 Å². The van der Waals surface area contributed by atoms with E-state index in [1.54, 1.807) is 0 Å². The Labute approximate surface area is 134 Å². The minimum atomic E-state index is 0.851. The highest BCUT2D eigenvalue weighted by Gasteiger charge is 2.07. The first-order chi connectivity index (χ1) is 11.3. The molecule has 0 amide bonds. The number of aromatic nitrogens is 2. The van der Waals surface area contributed by atoms with Gasteiger partial charge in [-0.25, -0.2) is 0 Å². The molecule has 1 aromatic carbocycles. The lowest BCUT2D eigenvalue weighted by Crippen LogP contribution is -2.19. The van der Waals surface area contributed by atoms with Gasteiger partial charge in [0.2, 0.25) is 0 Å². The van der Waals surface area contributed by atoms with Gasteiger partial charge in [0.1, 0.15) is 5.84 Å². The number of pyridine rings is 1. The topological polar surface area (TPSA) is 53.1 Å². The van der Waals surface area contributed by atoms with Crippen LogP contribution in [-0.2, 0) is 0 Å². The molecule has 0 bridgehead atoms. The Balaban J connectivity index is 1.67. The zero-order valence-electron chi connectivity index (χ0n) is 12.9. The lowest BCUT2D eigenvalue weighted by atomic mass is 10.1. The van der Waals surface area contributed by atoms with Crippen molar-refractivity contribution in [1.29, 1.82) is 0 Å². The number of hydrogen-bond donors (Lipinski definition) is 2. The van der Waals surface area contributed by atoms with E-state index >= 15 is 0 Å². The van der Waals surface area contributed by atoms with E-state index in [4.69, 9.17) is 0 Å². The number of hydrogen-bond acceptors (Lipinski definition) is 3. The summed E-state index contributed by atoms with van der Waals surface area (Å²) in [6.45, 7) is 3.76. The maximum Gasteiger partial charge on any atom is 0.128 e. The molecule has 0 saturated heterocycles. The standard InChI is InChI=1S/C19H16N4/c1-13-16(17-8-9-20-18(17)12-23-13)7-4-14-2-5-15(6-3-14)19-21-10-11-22-19/h2-3,5-6,8-9,12,20H,10-11H2,1H3,(H,21,22). The molecular formula is C19H16N4. The summed E-state index contributed by atoms with van der Waals surface area (Å²) in [6.07, 6.45) is 3.76. The minimum absolute atomic E-state index is 0.851. The Bertz CT molecular complexity index is 952.